The molecule has 9 heteroatoms. The number of thioether (sulfide) groups is 1. The molecule has 1 aromatic heterocycles. The van der Waals surface area contributed by atoms with E-state index in [1.165, 1.54) is 17.3 Å². The van der Waals surface area contributed by atoms with Crippen LogP contribution in [-0.2, 0) is 10.2 Å². The third kappa shape index (κ3) is 6.60. The van der Waals surface area contributed by atoms with Gasteiger partial charge in [0.25, 0.3) is 5.91 Å². The molecule has 4 aromatic rings. The molecule has 0 saturated carbocycles. The van der Waals surface area contributed by atoms with Crippen LogP contribution >= 0.6 is 35.0 Å². The quantitative estimate of drug-likeness (QED) is 0.150. The minimum Gasteiger partial charge on any atom is -0.272 e. The molecule has 0 saturated heterocycles. The number of carbonyl (C=O) groups excluding carboxylic acids is 1. The lowest BCUT2D eigenvalue weighted by atomic mass is 9.87. The molecule has 0 atom stereocenters. The number of aromatic nitrogens is 3. The molecule has 0 unspecified atom stereocenters. The fraction of sp³-hybridized carbons (Fsp3) is 0.214. The molecule has 37 heavy (non-hydrogen) atoms. The Morgan fingerprint density at radius 1 is 1.00 bits per heavy atom. The van der Waals surface area contributed by atoms with Gasteiger partial charge in [0.1, 0.15) is 0 Å². The predicted octanol–water partition coefficient (Wildman–Crippen LogP) is 7.17. The number of hydrogen-bond acceptors (Lipinski definition) is 5. The van der Waals surface area contributed by atoms with Crippen LogP contribution in [-0.4, -0.2) is 32.1 Å². The van der Waals surface area contributed by atoms with Gasteiger partial charge in [0.05, 0.1) is 16.5 Å². The van der Waals surface area contributed by atoms with E-state index >= 15 is 0 Å². The maximum atomic E-state index is 12.6. The molecule has 0 fully saturated rings. The minimum absolute atomic E-state index is 0.0553. The summed E-state index contributed by atoms with van der Waals surface area (Å²) in [4.78, 5) is 12.6. The van der Waals surface area contributed by atoms with Gasteiger partial charge in [-0.3, -0.25) is 9.36 Å². The number of benzene rings is 3. The lowest BCUT2D eigenvalue weighted by Gasteiger charge is -2.19. The van der Waals surface area contributed by atoms with Gasteiger partial charge >= 0.3 is 0 Å². The van der Waals surface area contributed by atoms with Crippen molar-refractivity contribution in [1.29, 1.82) is 0 Å². The molecule has 190 valence electrons. The van der Waals surface area contributed by atoms with Gasteiger partial charge in [-0.25, -0.2) is 5.43 Å². The Morgan fingerprint density at radius 2 is 1.70 bits per heavy atom. The number of hydrogen-bond donors (Lipinski definition) is 1. The van der Waals surface area contributed by atoms with Gasteiger partial charge in [0.2, 0.25) is 0 Å². The van der Waals surface area contributed by atoms with E-state index in [9.17, 15) is 4.79 Å². The summed E-state index contributed by atoms with van der Waals surface area (Å²) in [6.07, 6.45) is 0. The third-order valence-corrected chi connectivity index (χ3v) is 7.14. The average molecular weight is 553 g/mol. The second-order valence-electron chi connectivity index (χ2n) is 9.45. The van der Waals surface area contributed by atoms with Crippen LogP contribution in [0.4, 0.5) is 0 Å². The number of nitrogens with one attached hydrogen (secondary N) is 1. The largest absolute Gasteiger partial charge is 0.272 e. The van der Waals surface area contributed by atoms with Crippen molar-refractivity contribution in [1.82, 2.24) is 20.2 Å². The summed E-state index contributed by atoms with van der Waals surface area (Å²) in [7, 11) is 0. The topological polar surface area (TPSA) is 72.2 Å². The Kier molecular flexibility index (Phi) is 8.37. The molecule has 1 N–H and O–H groups in total. The van der Waals surface area contributed by atoms with Crippen LogP contribution in [0.5, 0.6) is 0 Å². The average Bonchev–Trinajstić information content (AvgIpc) is 3.30. The van der Waals surface area contributed by atoms with Crippen molar-refractivity contribution in [3.8, 4) is 17.1 Å². The highest BCUT2D eigenvalue weighted by Crippen LogP contribution is 2.30. The summed E-state index contributed by atoms with van der Waals surface area (Å²) in [5.41, 5.74) is 7.02. The number of nitrogens with zero attached hydrogens (tertiary/aromatic N) is 4. The maximum absolute atomic E-state index is 12.6. The van der Waals surface area contributed by atoms with Gasteiger partial charge in [-0.1, -0.05) is 104 Å². The monoisotopic (exact) mass is 551 g/mol. The van der Waals surface area contributed by atoms with Crippen LogP contribution in [0.15, 0.2) is 83.1 Å². The van der Waals surface area contributed by atoms with Crippen LogP contribution in [0, 0.1) is 0 Å². The van der Waals surface area contributed by atoms with Crippen molar-refractivity contribution in [2.45, 2.75) is 38.3 Å². The van der Waals surface area contributed by atoms with Crippen LogP contribution in [0.1, 0.15) is 38.8 Å². The lowest BCUT2D eigenvalue weighted by Crippen LogP contribution is -2.21. The second kappa shape index (κ2) is 11.5. The third-order valence-electron chi connectivity index (χ3n) is 5.66. The summed E-state index contributed by atoms with van der Waals surface area (Å²) < 4.78 is 1.96. The van der Waals surface area contributed by atoms with E-state index in [0.29, 0.717) is 32.3 Å². The van der Waals surface area contributed by atoms with E-state index in [4.69, 9.17) is 23.2 Å². The number of amides is 1. The van der Waals surface area contributed by atoms with E-state index < -0.39 is 0 Å². The predicted molar refractivity (Wildman–Crippen MR) is 153 cm³/mol. The number of hydrazone groups is 1. The Labute approximate surface area is 231 Å². The summed E-state index contributed by atoms with van der Waals surface area (Å²) >= 11 is 13.5. The molecule has 6 nitrogen and oxygen atoms in total. The molecule has 1 heterocycles. The highest BCUT2D eigenvalue weighted by atomic mass is 35.5. The fourth-order valence-electron chi connectivity index (χ4n) is 3.63. The van der Waals surface area contributed by atoms with Gasteiger partial charge in [-0.15, -0.1) is 10.2 Å². The zero-order chi connectivity index (χ0) is 26.6. The number of carbonyl (C=O) groups is 1. The summed E-state index contributed by atoms with van der Waals surface area (Å²) in [6, 6.07) is 23.3. The summed E-state index contributed by atoms with van der Waals surface area (Å²) in [6.45, 7) is 8.32. The number of halogens is 2. The fourth-order valence-corrected chi connectivity index (χ4v) is 4.92. The van der Waals surface area contributed by atoms with Crippen LogP contribution in [0.2, 0.25) is 10.0 Å². The lowest BCUT2D eigenvalue weighted by molar-refractivity contribution is -0.118. The van der Waals surface area contributed by atoms with Crippen molar-refractivity contribution in [3.05, 3.63) is 94.0 Å². The highest BCUT2D eigenvalue weighted by Gasteiger charge is 2.19. The van der Waals surface area contributed by atoms with Gasteiger partial charge in [0, 0.05) is 21.8 Å². The first kappa shape index (κ1) is 26.9. The van der Waals surface area contributed by atoms with Crippen molar-refractivity contribution < 1.29 is 4.79 Å². The summed E-state index contributed by atoms with van der Waals surface area (Å²) in [5.74, 6) is 0.549. The van der Waals surface area contributed by atoms with E-state index in [1.807, 2.05) is 34.9 Å². The zero-order valence-electron chi connectivity index (χ0n) is 21.0. The molecule has 0 radical (unpaired) electrons. The van der Waals surface area contributed by atoms with Crippen molar-refractivity contribution in [3.63, 3.8) is 0 Å². The minimum atomic E-state index is -0.270. The van der Waals surface area contributed by atoms with Crippen LogP contribution in [0.3, 0.4) is 0 Å². The first-order valence-corrected chi connectivity index (χ1v) is 13.4. The molecule has 0 aliphatic carbocycles. The molecule has 0 spiro atoms. The van der Waals surface area contributed by atoms with Crippen molar-refractivity contribution in [2.24, 2.45) is 5.10 Å². The Morgan fingerprint density at radius 3 is 2.35 bits per heavy atom. The normalized spacial score (nSPS) is 12.0. The highest BCUT2D eigenvalue weighted by molar-refractivity contribution is 7.99. The van der Waals surface area contributed by atoms with Crippen molar-refractivity contribution in [2.75, 3.05) is 5.75 Å². The standard InChI is InChI=1S/C28H27Cl2N5OS/c1-18(23-15-14-21(29)16-24(23)30)31-32-25(36)17-37-27-34-33-26(35(27)22-8-6-5-7-9-22)19-10-12-20(13-11-19)28(2,3)4/h5-16H,17H2,1-4H3,(H,32,36)/b31-18-. The molecular formula is C28H27Cl2N5OS. The van der Waals surface area contributed by atoms with E-state index in [2.05, 4.69) is 65.8 Å². The van der Waals surface area contributed by atoms with Crippen LogP contribution in [0.25, 0.3) is 17.1 Å². The Bertz CT molecular complexity index is 1430. The Hall–Kier alpha value is -3.13. The first-order valence-electron chi connectivity index (χ1n) is 11.7. The molecule has 1 amide bonds. The van der Waals surface area contributed by atoms with Gasteiger partial charge in [-0.05, 0) is 42.2 Å². The second-order valence-corrected chi connectivity index (χ2v) is 11.2. The number of para-hydroxylation sites is 1. The van der Waals surface area contributed by atoms with E-state index in [0.717, 1.165) is 11.3 Å². The first-order chi connectivity index (χ1) is 17.6. The molecule has 0 aliphatic heterocycles. The molecule has 3 aromatic carbocycles. The summed E-state index contributed by atoms with van der Waals surface area (Å²) in [5, 5.41) is 14.7. The van der Waals surface area contributed by atoms with E-state index in [1.54, 1.807) is 25.1 Å². The van der Waals surface area contributed by atoms with Gasteiger partial charge in [-0.2, -0.15) is 5.10 Å². The smallest absolute Gasteiger partial charge is 0.250 e. The van der Waals surface area contributed by atoms with Crippen LogP contribution < -0.4 is 5.43 Å². The van der Waals surface area contributed by atoms with Crippen molar-refractivity contribution >= 4 is 46.6 Å². The van der Waals surface area contributed by atoms with Gasteiger partial charge < -0.3 is 0 Å². The molecule has 0 bridgehead atoms. The SMILES string of the molecule is C/C(=N/NC(=O)CSc1nnc(-c2ccc(C(C)(C)C)cc2)n1-c1ccccc1)c1ccc(Cl)cc1Cl. The molecular weight excluding hydrogens is 525 g/mol. The number of rotatable bonds is 7. The molecule has 4 rings (SSSR count). The maximum Gasteiger partial charge on any atom is 0.250 e. The zero-order valence-corrected chi connectivity index (χ0v) is 23.3. The Balaban J connectivity index is 1.53. The van der Waals surface area contributed by atoms with E-state index in [-0.39, 0.29) is 17.1 Å². The molecule has 0 aliphatic rings. The van der Waals surface area contributed by atoms with Gasteiger partial charge in [0.15, 0.2) is 11.0 Å².